The Hall–Kier alpha value is -3.16. The Kier molecular flexibility index (Phi) is 6.64. The van der Waals surface area contributed by atoms with Crippen LogP contribution in [-0.4, -0.2) is 29.0 Å². The molecule has 2 N–H and O–H groups in total. The molecule has 2 aromatic carbocycles. The molecule has 1 saturated heterocycles. The normalized spacial score (nSPS) is 15.0. The highest BCUT2D eigenvalue weighted by atomic mass is 19.1. The van der Waals surface area contributed by atoms with Crippen molar-refractivity contribution < 1.29 is 23.4 Å². The number of aliphatic hydroxyl groups is 1. The number of halogens is 1. The first kappa shape index (κ1) is 21.1. The van der Waals surface area contributed by atoms with Gasteiger partial charge in [-0.05, 0) is 74.5 Å². The lowest BCUT2D eigenvalue weighted by molar-refractivity contribution is -0.121. The maximum absolute atomic E-state index is 13.7. The van der Waals surface area contributed by atoms with Gasteiger partial charge in [0.2, 0.25) is 5.91 Å². The quantitative estimate of drug-likeness (QED) is 0.582. The fraction of sp³-hybridized carbons (Fsp3) is 0.292. The van der Waals surface area contributed by atoms with E-state index in [2.05, 4.69) is 10.2 Å². The number of amides is 1. The minimum absolute atomic E-state index is 0.00277. The second-order valence-electron chi connectivity index (χ2n) is 7.62. The van der Waals surface area contributed by atoms with Crippen LogP contribution >= 0.6 is 0 Å². The fourth-order valence-corrected chi connectivity index (χ4v) is 3.67. The van der Waals surface area contributed by atoms with E-state index in [1.165, 1.54) is 6.07 Å². The van der Waals surface area contributed by atoms with Crippen LogP contribution in [0.15, 0.2) is 65.1 Å². The van der Waals surface area contributed by atoms with E-state index in [9.17, 15) is 9.18 Å². The van der Waals surface area contributed by atoms with E-state index < -0.39 is 5.82 Å². The summed E-state index contributed by atoms with van der Waals surface area (Å²) < 4.78 is 24.8. The van der Waals surface area contributed by atoms with Gasteiger partial charge in [0.15, 0.2) is 11.6 Å². The van der Waals surface area contributed by atoms with Crippen molar-refractivity contribution in [2.45, 2.75) is 26.0 Å². The van der Waals surface area contributed by atoms with Crippen LogP contribution in [0.3, 0.4) is 0 Å². The molecule has 162 valence electrons. The van der Waals surface area contributed by atoms with Crippen molar-refractivity contribution in [1.82, 2.24) is 4.90 Å². The van der Waals surface area contributed by atoms with E-state index in [1.54, 1.807) is 48.5 Å². The van der Waals surface area contributed by atoms with E-state index in [1.807, 2.05) is 6.07 Å². The third kappa shape index (κ3) is 5.51. The number of para-hydroxylation sites is 1. The molecule has 3 aromatic rings. The molecular formula is C24H25FN2O4. The molecule has 6 nitrogen and oxygen atoms in total. The number of anilines is 1. The number of aliphatic hydroxyl groups excluding tert-OH is 1. The number of hydrogen-bond donors (Lipinski definition) is 2. The van der Waals surface area contributed by atoms with Gasteiger partial charge in [-0.3, -0.25) is 9.69 Å². The largest absolute Gasteiger partial charge is 0.462 e. The maximum Gasteiger partial charge on any atom is 0.227 e. The van der Waals surface area contributed by atoms with Gasteiger partial charge in [-0.2, -0.15) is 0 Å². The molecule has 0 atom stereocenters. The minimum atomic E-state index is -0.424. The number of nitrogens with one attached hydrogen (secondary N) is 1. The number of furan rings is 1. The summed E-state index contributed by atoms with van der Waals surface area (Å²) in [5.41, 5.74) is 0.681. The van der Waals surface area contributed by atoms with Crippen molar-refractivity contribution in [2.24, 2.45) is 5.92 Å². The average Bonchev–Trinajstić information content (AvgIpc) is 3.25. The lowest BCUT2D eigenvalue weighted by Gasteiger charge is -2.30. The predicted molar refractivity (Wildman–Crippen MR) is 114 cm³/mol. The Morgan fingerprint density at radius 1 is 1.06 bits per heavy atom. The smallest absolute Gasteiger partial charge is 0.227 e. The van der Waals surface area contributed by atoms with Crippen LogP contribution in [0.4, 0.5) is 10.1 Å². The number of rotatable bonds is 7. The zero-order valence-corrected chi connectivity index (χ0v) is 17.1. The topological polar surface area (TPSA) is 74.9 Å². The number of piperidine rings is 1. The average molecular weight is 424 g/mol. The molecule has 0 radical (unpaired) electrons. The summed E-state index contributed by atoms with van der Waals surface area (Å²) in [5, 5.41) is 12.0. The predicted octanol–water partition coefficient (Wildman–Crippen LogP) is 4.55. The molecule has 0 aliphatic carbocycles. The van der Waals surface area contributed by atoms with E-state index in [4.69, 9.17) is 14.3 Å². The highest BCUT2D eigenvalue weighted by Gasteiger charge is 2.25. The van der Waals surface area contributed by atoms with Crippen molar-refractivity contribution in [3.8, 4) is 11.5 Å². The molecule has 31 heavy (non-hydrogen) atoms. The van der Waals surface area contributed by atoms with Crippen LogP contribution in [0.25, 0.3) is 0 Å². The zero-order valence-electron chi connectivity index (χ0n) is 17.1. The van der Waals surface area contributed by atoms with E-state index in [0.717, 1.165) is 31.7 Å². The highest BCUT2D eigenvalue weighted by molar-refractivity contribution is 5.92. The molecule has 0 spiro atoms. The number of nitrogens with zero attached hydrogens (tertiary/aromatic N) is 1. The second-order valence-corrected chi connectivity index (χ2v) is 7.62. The van der Waals surface area contributed by atoms with E-state index in [0.29, 0.717) is 23.7 Å². The van der Waals surface area contributed by atoms with Gasteiger partial charge < -0.3 is 19.6 Å². The molecular weight excluding hydrogens is 399 g/mol. The van der Waals surface area contributed by atoms with Crippen molar-refractivity contribution in [2.75, 3.05) is 18.4 Å². The number of benzene rings is 2. The molecule has 1 fully saturated rings. The van der Waals surface area contributed by atoms with Gasteiger partial charge in [0.1, 0.15) is 23.9 Å². The molecule has 0 saturated carbocycles. The standard InChI is InChI=1S/C24H25FN2O4/c25-22-3-1-2-4-23(22)31-19-7-5-18(6-8-19)26-24(29)17-11-13-27(14-12-17)15-20-9-10-21(16-28)30-20/h1-10,17,28H,11-16H2,(H,26,29). The van der Waals surface area contributed by atoms with Gasteiger partial charge >= 0.3 is 0 Å². The Labute approximate surface area is 180 Å². The van der Waals surface area contributed by atoms with Crippen LogP contribution < -0.4 is 10.1 Å². The molecule has 4 rings (SSSR count). The molecule has 7 heteroatoms. The first-order chi connectivity index (χ1) is 15.1. The summed E-state index contributed by atoms with van der Waals surface area (Å²) in [6, 6.07) is 16.8. The van der Waals surface area contributed by atoms with Crippen LogP contribution in [0.2, 0.25) is 0 Å². The Bertz CT molecular complexity index is 1010. The summed E-state index contributed by atoms with van der Waals surface area (Å²) in [6.07, 6.45) is 1.54. The second kappa shape index (κ2) is 9.76. The maximum atomic E-state index is 13.7. The number of hydrogen-bond acceptors (Lipinski definition) is 5. The Morgan fingerprint density at radius 2 is 1.77 bits per heavy atom. The number of likely N-dealkylation sites (tertiary alicyclic amines) is 1. The van der Waals surface area contributed by atoms with Crippen molar-refractivity contribution in [3.05, 3.63) is 78.0 Å². The monoisotopic (exact) mass is 424 g/mol. The summed E-state index contributed by atoms with van der Waals surface area (Å²) in [4.78, 5) is 14.9. The van der Waals surface area contributed by atoms with Crippen LogP contribution in [0, 0.1) is 11.7 Å². The Balaban J connectivity index is 1.25. The van der Waals surface area contributed by atoms with Crippen molar-refractivity contribution >= 4 is 11.6 Å². The fourth-order valence-electron chi connectivity index (χ4n) is 3.67. The highest BCUT2D eigenvalue weighted by Crippen LogP contribution is 2.26. The number of carbonyl (C=O) groups excluding carboxylic acids is 1. The van der Waals surface area contributed by atoms with Crippen LogP contribution in [-0.2, 0) is 17.9 Å². The van der Waals surface area contributed by atoms with Crippen LogP contribution in [0.1, 0.15) is 24.4 Å². The lowest BCUT2D eigenvalue weighted by atomic mass is 9.95. The van der Waals surface area contributed by atoms with Gasteiger partial charge in [-0.15, -0.1) is 0 Å². The summed E-state index contributed by atoms with van der Waals surface area (Å²) in [6.45, 7) is 2.20. The molecule has 1 aromatic heterocycles. The van der Waals surface area contributed by atoms with E-state index >= 15 is 0 Å². The molecule has 2 heterocycles. The van der Waals surface area contributed by atoms with Gasteiger partial charge in [0.25, 0.3) is 0 Å². The lowest BCUT2D eigenvalue weighted by Crippen LogP contribution is -2.37. The van der Waals surface area contributed by atoms with Gasteiger partial charge in [0.05, 0.1) is 6.54 Å². The summed E-state index contributed by atoms with van der Waals surface area (Å²) in [5.74, 6) is 1.58. The molecule has 1 amide bonds. The number of carbonyl (C=O) groups is 1. The van der Waals surface area contributed by atoms with Crippen molar-refractivity contribution in [1.29, 1.82) is 0 Å². The van der Waals surface area contributed by atoms with Crippen LogP contribution in [0.5, 0.6) is 11.5 Å². The first-order valence-corrected chi connectivity index (χ1v) is 10.3. The zero-order chi connectivity index (χ0) is 21.6. The third-order valence-corrected chi connectivity index (χ3v) is 5.40. The minimum Gasteiger partial charge on any atom is -0.462 e. The number of ether oxygens (including phenoxy) is 1. The van der Waals surface area contributed by atoms with Crippen molar-refractivity contribution in [3.63, 3.8) is 0 Å². The SMILES string of the molecule is O=C(Nc1ccc(Oc2ccccc2F)cc1)C1CCN(Cc2ccc(CO)o2)CC1. The first-order valence-electron chi connectivity index (χ1n) is 10.3. The van der Waals surface area contributed by atoms with Gasteiger partial charge in [0, 0.05) is 11.6 Å². The Morgan fingerprint density at radius 3 is 2.45 bits per heavy atom. The molecule has 1 aliphatic heterocycles. The molecule has 0 bridgehead atoms. The van der Waals surface area contributed by atoms with E-state index in [-0.39, 0.29) is 24.2 Å². The summed E-state index contributed by atoms with van der Waals surface area (Å²) >= 11 is 0. The summed E-state index contributed by atoms with van der Waals surface area (Å²) in [7, 11) is 0. The van der Waals surface area contributed by atoms with Gasteiger partial charge in [-0.25, -0.2) is 4.39 Å². The molecule has 1 aliphatic rings. The van der Waals surface area contributed by atoms with Gasteiger partial charge in [-0.1, -0.05) is 12.1 Å². The molecule has 0 unspecified atom stereocenters. The third-order valence-electron chi connectivity index (χ3n) is 5.40.